The number of rotatable bonds is 62. The maximum Gasteiger partial charge on any atom is 0.305 e. The molecular formula is C72H136O4. The lowest BCUT2D eigenvalue weighted by atomic mass is 10.1. The van der Waals surface area contributed by atoms with Crippen LogP contribution in [0.15, 0.2) is 48.6 Å². The zero-order valence-corrected chi connectivity index (χ0v) is 52.3. The van der Waals surface area contributed by atoms with E-state index in [1.54, 1.807) is 0 Å². The highest BCUT2D eigenvalue weighted by atomic mass is 16.5. The smallest absolute Gasteiger partial charge is 0.305 e. The van der Waals surface area contributed by atoms with Crippen LogP contribution in [0.25, 0.3) is 0 Å². The summed E-state index contributed by atoms with van der Waals surface area (Å²) in [6, 6.07) is 0. The molecule has 0 bridgehead atoms. The molecule has 0 unspecified atom stereocenters. The summed E-state index contributed by atoms with van der Waals surface area (Å²) in [6.45, 7) is 10.3. The zero-order valence-electron chi connectivity index (χ0n) is 52.3. The van der Waals surface area contributed by atoms with Crippen molar-refractivity contribution in [1.82, 2.24) is 0 Å². The molecule has 0 aliphatic heterocycles. The summed E-state index contributed by atoms with van der Waals surface area (Å²) in [5.74, 6) is 0.0192. The van der Waals surface area contributed by atoms with E-state index in [0.717, 1.165) is 38.5 Å². The number of carbonyl (C=O) groups is 2. The molecular weight excluding hydrogens is 929 g/mol. The monoisotopic (exact) mass is 1070 g/mol. The molecule has 4 heteroatoms. The average molecular weight is 1070 g/mol. The summed E-state index contributed by atoms with van der Waals surface area (Å²) >= 11 is 0. The lowest BCUT2D eigenvalue weighted by Gasteiger charge is -2.05. The number of hydrogen-bond acceptors (Lipinski definition) is 4. The number of allylic oxidation sites excluding steroid dienone is 8. The molecule has 448 valence electrons. The number of hydrogen-bond donors (Lipinski definition) is 0. The van der Waals surface area contributed by atoms with E-state index in [1.165, 1.54) is 308 Å². The molecule has 0 rings (SSSR count). The third-order valence-corrected chi connectivity index (χ3v) is 15.1. The second-order valence-corrected chi connectivity index (χ2v) is 23.0. The van der Waals surface area contributed by atoms with Gasteiger partial charge >= 0.3 is 11.9 Å². The number of esters is 2. The first-order chi connectivity index (χ1) is 37.6. The Morgan fingerprint density at radius 2 is 0.368 bits per heavy atom. The third-order valence-electron chi connectivity index (χ3n) is 15.1. The van der Waals surface area contributed by atoms with Gasteiger partial charge in [-0.3, -0.25) is 9.59 Å². The highest BCUT2D eigenvalue weighted by Gasteiger charge is 2.04. The van der Waals surface area contributed by atoms with Crippen LogP contribution in [0.2, 0.25) is 0 Å². The number of carbonyl (C=O) groups excluding carboxylic acids is 2. The van der Waals surface area contributed by atoms with Crippen LogP contribution in [0, 0.1) is 0 Å². The maximum absolute atomic E-state index is 11.9. The van der Waals surface area contributed by atoms with Crippen molar-refractivity contribution in [3.05, 3.63) is 48.6 Å². The van der Waals surface area contributed by atoms with Gasteiger partial charge in [-0.05, 0) is 128 Å². The normalized spacial score (nSPS) is 11.7. The molecule has 0 aromatic rings. The molecule has 0 N–H and O–H groups in total. The Bertz CT molecular complexity index is 1110. The molecule has 0 saturated carbocycles. The van der Waals surface area contributed by atoms with Gasteiger partial charge in [0.1, 0.15) is 0 Å². The molecule has 0 aromatic carbocycles. The highest BCUT2D eigenvalue weighted by Crippen LogP contribution is 2.15. The Balaban J connectivity index is 0. The predicted molar refractivity (Wildman–Crippen MR) is 340 cm³/mol. The summed E-state index contributed by atoms with van der Waals surface area (Å²) in [5.41, 5.74) is 0. The Kier molecular flexibility index (Phi) is 72.9. The van der Waals surface area contributed by atoms with Crippen LogP contribution in [0.4, 0.5) is 0 Å². The topological polar surface area (TPSA) is 52.6 Å². The molecule has 0 atom stereocenters. The molecule has 76 heavy (non-hydrogen) atoms. The zero-order chi connectivity index (χ0) is 55.2. The van der Waals surface area contributed by atoms with Crippen molar-refractivity contribution in [2.24, 2.45) is 0 Å². The van der Waals surface area contributed by atoms with Crippen LogP contribution in [0.5, 0.6) is 0 Å². The van der Waals surface area contributed by atoms with Gasteiger partial charge in [0, 0.05) is 12.8 Å². The van der Waals surface area contributed by atoms with E-state index in [1.807, 2.05) is 0 Å². The van der Waals surface area contributed by atoms with E-state index < -0.39 is 0 Å². The Morgan fingerprint density at radius 3 is 0.566 bits per heavy atom. The second kappa shape index (κ2) is 72.9. The molecule has 0 aliphatic carbocycles. The molecule has 0 saturated heterocycles. The van der Waals surface area contributed by atoms with E-state index in [2.05, 4.69) is 76.3 Å². The van der Waals surface area contributed by atoms with Crippen LogP contribution in [0.1, 0.15) is 387 Å². The van der Waals surface area contributed by atoms with Gasteiger partial charge in [-0.1, -0.05) is 295 Å². The van der Waals surface area contributed by atoms with E-state index in [9.17, 15) is 9.59 Å². The summed E-state index contributed by atoms with van der Waals surface area (Å²) in [6.07, 6.45) is 90.3. The van der Waals surface area contributed by atoms with Crippen LogP contribution >= 0.6 is 0 Å². The van der Waals surface area contributed by atoms with Crippen molar-refractivity contribution in [3.63, 3.8) is 0 Å². The van der Waals surface area contributed by atoms with Crippen molar-refractivity contribution >= 4 is 11.9 Å². The molecule has 0 aliphatic rings. The first-order valence-corrected chi connectivity index (χ1v) is 34.5. The van der Waals surface area contributed by atoms with Gasteiger partial charge < -0.3 is 9.47 Å². The summed E-state index contributed by atoms with van der Waals surface area (Å²) in [7, 11) is 0. The van der Waals surface area contributed by atoms with Crippen LogP contribution < -0.4 is 0 Å². The van der Waals surface area contributed by atoms with Crippen molar-refractivity contribution in [2.75, 3.05) is 13.2 Å². The van der Waals surface area contributed by atoms with Gasteiger partial charge in [-0.2, -0.15) is 0 Å². The van der Waals surface area contributed by atoms with Gasteiger partial charge in [0.25, 0.3) is 0 Å². The predicted octanol–water partition coefficient (Wildman–Crippen LogP) is 25.2. The van der Waals surface area contributed by atoms with Crippen LogP contribution in [0.3, 0.4) is 0 Å². The average Bonchev–Trinajstić information content (AvgIpc) is 3.42. The molecule has 0 fully saturated rings. The minimum Gasteiger partial charge on any atom is -0.466 e. The Labute approximate surface area is 477 Å². The largest absolute Gasteiger partial charge is 0.466 e. The van der Waals surface area contributed by atoms with E-state index in [0.29, 0.717) is 26.1 Å². The first-order valence-electron chi connectivity index (χ1n) is 34.5. The lowest BCUT2D eigenvalue weighted by molar-refractivity contribution is -0.144. The SMILES string of the molecule is CCCCCCCC/C=C\CCCCCCCCOC(=O)CCCCCCC/C=C\CCCCCCCC.CCCCCCCC/C=C\CCCCCCCCOC(=O)CCCCCCC/C=C\CCCCCCCC. The number of unbranched alkanes of at least 4 members (excludes halogenated alkanes) is 46. The fraction of sp³-hybridized carbons (Fsp3) is 0.861. The molecule has 0 amide bonds. The minimum absolute atomic E-state index is 0.00961. The van der Waals surface area contributed by atoms with E-state index >= 15 is 0 Å². The van der Waals surface area contributed by atoms with Crippen LogP contribution in [-0.2, 0) is 19.1 Å². The molecule has 0 radical (unpaired) electrons. The molecule has 0 heterocycles. The number of ether oxygens (including phenoxy) is 2. The van der Waals surface area contributed by atoms with Gasteiger partial charge in [0.15, 0.2) is 0 Å². The van der Waals surface area contributed by atoms with Gasteiger partial charge in [-0.25, -0.2) is 0 Å². The van der Waals surface area contributed by atoms with E-state index in [-0.39, 0.29) is 11.9 Å². The molecule has 0 aromatic heterocycles. The standard InChI is InChI=1S/2C36H68O2/c2*1-3-5-7-9-11-13-15-17-19-21-23-25-27-29-31-33-35-38-36(37)34-32-30-28-26-24-22-20-18-16-14-12-10-8-6-4-2/h2*17-20H,3-16,21-35H2,1-2H3/b2*19-17-,20-18-. The van der Waals surface area contributed by atoms with Crippen molar-refractivity contribution < 1.29 is 19.1 Å². The highest BCUT2D eigenvalue weighted by molar-refractivity contribution is 5.69. The first kappa shape index (κ1) is 76.0. The van der Waals surface area contributed by atoms with Gasteiger partial charge in [0.05, 0.1) is 13.2 Å². The van der Waals surface area contributed by atoms with Gasteiger partial charge in [-0.15, -0.1) is 0 Å². The van der Waals surface area contributed by atoms with Crippen molar-refractivity contribution in [1.29, 1.82) is 0 Å². The van der Waals surface area contributed by atoms with Crippen molar-refractivity contribution in [3.8, 4) is 0 Å². The fourth-order valence-corrected chi connectivity index (χ4v) is 9.90. The van der Waals surface area contributed by atoms with Crippen LogP contribution in [-0.4, -0.2) is 25.2 Å². The van der Waals surface area contributed by atoms with E-state index in [4.69, 9.17) is 9.47 Å². The Hall–Kier alpha value is -2.10. The lowest BCUT2D eigenvalue weighted by Crippen LogP contribution is -2.05. The second-order valence-electron chi connectivity index (χ2n) is 23.0. The third kappa shape index (κ3) is 74.0. The summed E-state index contributed by atoms with van der Waals surface area (Å²) < 4.78 is 10.8. The van der Waals surface area contributed by atoms with Crippen molar-refractivity contribution in [2.45, 2.75) is 387 Å². The molecule has 4 nitrogen and oxygen atoms in total. The maximum atomic E-state index is 11.9. The summed E-state index contributed by atoms with van der Waals surface area (Å²) in [5, 5.41) is 0. The van der Waals surface area contributed by atoms with Gasteiger partial charge in [0.2, 0.25) is 0 Å². The molecule has 0 spiro atoms. The fourth-order valence-electron chi connectivity index (χ4n) is 9.90. The summed E-state index contributed by atoms with van der Waals surface area (Å²) in [4.78, 5) is 23.8. The minimum atomic E-state index is 0.00961. The quantitative estimate of drug-likeness (QED) is 0.0346. The Morgan fingerprint density at radius 1 is 0.211 bits per heavy atom.